The molecule has 2 aromatic carbocycles. The Balaban J connectivity index is 1.41. The normalized spacial score (nSPS) is 26.3. The van der Waals surface area contributed by atoms with Crippen LogP contribution in [0.1, 0.15) is 63.9 Å². The largest absolute Gasteiger partial charge is 0.488 e. The molecule has 0 radical (unpaired) electrons. The fourth-order valence-corrected chi connectivity index (χ4v) is 6.99. The van der Waals surface area contributed by atoms with Gasteiger partial charge in [0.1, 0.15) is 29.5 Å². The maximum Gasteiger partial charge on any atom is 0.330 e. The highest BCUT2D eigenvalue weighted by molar-refractivity contribution is 5.96. The van der Waals surface area contributed by atoms with Crippen LogP contribution in [0.15, 0.2) is 73.3 Å². The van der Waals surface area contributed by atoms with Crippen LogP contribution in [0.3, 0.4) is 0 Å². The Bertz CT molecular complexity index is 1760. The lowest BCUT2D eigenvalue weighted by atomic mass is 9.66. The van der Waals surface area contributed by atoms with Crippen molar-refractivity contribution in [3.63, 3.8) is 0 Å². The third kappa shape index (κ3) is 6.56. The van der Waals surface area contributed by atoms with Gasteiger partial charge in [-0.1, -0.05) is 74.4 Å². The molecule has 2 fully saturated rings. The van der Waals surface area contributed by atoms with Crippen molar-refractivity contribution >= 4 is 40.7 Å². The summed E-state index contributed by atoms with van der Waals surface area (Å²) in [6, 6.07) is 15.7. The van der Waals surface area contributed by atoms with Crippen LogP contribution >= 0.6 is 0 Å². The first-order valence-corrected chi connectivity index (χ1v) is 16.8. The van der Waals surface area contributed by atoms with Gasteiger partial charge in [-0.25, -0.2) is 9.78 Å². The standard InChI is InChI=1S/C38H42N4O6/c1-3-5-14-30-36(45)42-23-27(21-32(42)35(44)41-38(37(46)47)19-18-26(38)4-2)48-33-22-31(25-12-7-6-8-13-25)39-29-17-16-24(20-28(29)33)11-9-10-15-34(43)40-30/h4,6-9,11-13,16-17,20,22,26-27,30,32H,2-3,5,10,14-15,18-19,21,23H2,1H3,(H,40,43)(H,41,44)(H,46,47)/b11-9+/t26-,27-,30+,32?,38-/m1/s1. The Kier molecular flexibility index (Phi) is 9.61. The summed E-state index contributed by atoms with van der Waals surface area (Å²) in [7, 11) is 0. The van der Waals surface area contributed by atoms with Gasteiger partial charge in [-0.15, -0.1) is 6.58 Å². The quantitative estimate of drug-likeness (QED) is 0.283. The van der Waals surface area contributed by atoms with Crippen LogP contribution in [0, 0.1) is 5.92 Å². The molecule has 250 valence electrons. The molecule has 10 nitrogen and oxygen atoms in total. The highest BCUT2D eigenvalue weighted by Crippen LogP contribution is 2.40. The molecule has 1 unspecified atom stereocenters. The Morgan fingerprint density at radius 2 is 2.00 bits per heavy atom. The number of hydrogen-bond donors (Lipinski definition) is 3. The SMILES string of the molecule is C=C[C@@H]1CC[C@]1(NC(=O)C1C[C@@H]2CN1C(=O)[C@H](CCCC)NC(=O)CC/C=C/c1ccc3nc(-c4ccccc4)cc(c3c1)O2)C(=O)O. The van der Waals surface area contributed by atoms with E-state index in [1.165, 1.54) is 4.90 Å². The molecule has 3 amide bonds. The molecule has 48 heavy (non-hydrogen) atoms. The molecule has 3 aliphatic rings. The molecular formula is C38H42N4O6. The average Bonchev–Trinajstić information content (AvgIpc) is 3.50. The van der Waals surface area contributed by atoms with E-state index in [1.807, 2.05) is 73.7 Å². The number of hydrogen-bond acceptors (Lipinski definition) is 6. The highest BCUT2D eigenvalue weighted by Gasteiger charge is 2.54. The number of amides is 3. The minimum Gasteiger partial charge on any atom is -0.488 e. The minimum absolute atomic E-state index is 0.0878. The van der Waals surface area contributed by atoms with Crippen molar-refractivity contribution < 1.29 is 29.0 Å². The fourth-order valence-electron chi connectivity index (χ4n) is 6.99. The summed E-state index contributed by atoms with van der Waals surface area (Å²) in [6.07, 6.45) is 8.49. The molecule has 4 bridgehead atoms. The molecule has 1 aliphatic carbocycles. The average molecular weight is 651 g/mol. The summed E-state index contributed by atoms with van der Waals surface area (Å²) in [5.74, 6) is -2.17. The molecule has 1 saturated heterocycles. The molecule has 0 spiro atoms. The van der Waals surface area contributed by atoms with E-state index >= 15 is 0 Å². The number of aliphatic carboxylic acids is 1. The van der Waals surface area contributed by atoms with E-state index in [1.54, 1.807) is 6.08 Å². The molecule has 6 rings (SSSR count). The smallest absolute Gasteiger partial charge is 0.330 e. The van der Waals surface area contributed by atoms with E-state index in [4.69, 9.17) is 9.72 Å². The monoisotopic (exact) mass is 650 g/mol. The number of aromatic nitrogens is 1. The fraction of sp³-hybridized carbons (Fsp3) is 0.395. The Morgan fingerprint density at radius 1 is 1.19 bits per heavy atom. The van der Waals surface area contributed by atoms with E-state index in [0.29, 0.717) is 31.4 Å². The summed E-state index contributed by atoms with van der Waals surface area (Å²) in [6.45, 7) is 5.88. The first kappa shape index (κ1) is 32.9. The van der Waals surface area contributed by atoms with Crippen molar-refractivity contribution in [2.75, 3.05) is 6.54 Å². The summed E-state index contributed by atoms with van der Waals surface area (Å²) >= 11 is 0. The number of benzene rings is 2. The van der Waals surface area contributed by atoms with E-state index in [2.05, 4.69) is 17.2 Å². The molecule has 2 aliphatic heterocycles. The van der Waals surface area contributed by atoms with Crippen molar-refractivity contribution in [3.05, 3.63) is 78.9 Å². The Hall–Kier alpha value is -4.99. The van der Waals surface area contributed by atoms with Gasteiger partial charge in [0, 0.05) is 35.8 Å². The Morgan fingerprint density at radius 3 is 2.71 bits per heavy atom. The Labute approximate surface area is 280 Å². The van der Waals surface area contributed by atoms with Crippen LogP contribution in [0.25, 0.3) is 28.2 Å². The van der Waals surface area contributed by atoms with Gasteiger partial charge in [0.25, 0.3) is 0 Å². The zero-order chi connectivity index (χ0) is 33.8. The third-order valence-corrected chi connectivity index (χ3v) is 9.83. The van der Waals surface area contributed by atoms with Gasteiger partial charge < -0.3 is 25.4 Å². The predicted octanol–water partition coefficient (Wildman–Crippen LogP) is 5.27. The number of carbonyl (C=O) groups excluding carboxylic acids is 3. The van der Waals surface area contributed by atoms with Crippen molar-refractivity contribution in [1.82, 2.24) is 20.5 Å². The van der Waals surface area contributed by atoms with Gasteiger partial charge in [-0.3, -0.25) is 14.4 Å². The maximum atomic E-state index is 14.3. The van der Waals surface area contributed by atoms with Gasteiger partial charge in [0.05, 0.1) is 17.8 Å². The number of nitrogens with one attached hydrogen (secondary N) is 2. The zero-order valence-corrected chi connectivity index (χ0v) is 27.2. The third-order valence-electron chi connectivity index (χ3n) is 9.83. The zero-order valence-electron chi connectivity index (χ0n) is 27.2. The minimum atomic E-state index is -1.48. The number of fused-ring (bicyclic) bond motifs is 3. The number of pyridine rings is 1. The number of carboxylic acids is 1. The number of carboxylic acid groups (broad SMARTS) is 1. The summed E-state index contributed by atoms with van der Waals surface area (Å²) in [4.78, 5) is 60.1. The van der Waals surface area contributed by atoms with E-state index < -0.39 is 41.5 Å². The number of nitrogens with zero attached hydrogens (tertiary/aromatic N) is 2. The van der Waals surface area contributed by atoms with Gasteiger partial charge in [-0.2, -0.15) is 0 Å². The first-order chi connectivity index (χ1) is 23.2. The number of allylic oxidation sites excluding steroid dienone is 1. The number of unbranched alkanes of at least 4 members (excludes halogenated alkanes) is 1. The molecule has 1 saturated carbocycles. The van der Waals surface area contributed by atoms with Crippen molar-refractivity contribution in [3.8, 4) is 17.0 Å². The number of ether oxygens (including phenoxy) is 1. The number of carbonyl (C=O) groups is 4. The lowest BCUT2D eigenvalue weighted by molar-refractivity contribution is -0.156. The second-order valence-electron chi connectivity index (χ2n) is 13.0. The van der Waals surface area contributed by atoms with Gasteiger partial charge in [-0.05, 0) is 43.4 Å². The van der Waals surface area contributed by atoms with Crippen LogP contribution in [-0.4, -0.2) is 69.0 Å². The van der Waals surface area contributed by atoms with Gasteiger partial charge >= 0.3 is 5.97 Å². The first-order valence-electron chi connectivity index (χ1n) is 16.8. The van der Waals surface area contributed by atoms with Gasteiger partial charge in [0.15, 0.2) is 0 Å². The second-order valence-corrected chi connectivity index (χ2v) is 13.0. The van der Waals surface area contributed by atoms with Gasteiger partial charge in [0.2, 0.25) is 17.7 Å². The molecule has 10 heteroatoms. The van der Waals surface area contributed by atoms with E-state index in [-0.39, 0.29) is 37.6 Å². The van der Waals surface area contributed by atoms with Crippen LogP contribution in [-0.2, 0) is 19.2 Å². The molecule has 3 heterocycles. The highest BCUT2D eigenvalue weighted by atomic mass is 16.5. The topological polar surface area (TPSA) is 138 Å². The summed E-state index contributed by atoms with van der Waals surface area (Å²) in [5.41, 5.74) is 1.82. The molecular weight excluding hydrogens is 608 g/mol. The number of rotatable bonds is 8. The van der Waals surface area contributed by atoms with Crippen molar-refractivity contribution in [2.24, 2.45) is 5.92 Å². The maximum absolute atomic E-state index is 14.3. The van der Waals surface area contributed by atoms with E-state index in [0.717, 1.165) is 34.1 Å². The van der Waals surface area contributed by atoms with Crippen LogP contribution in [0.4, 0.5) is 0 Å². The van der Waals surface area contributed by atoms with Crippen molar-refractivity contribution in [2.45, 2.75) is 82.0 Å². The lowest BCUT2D eigenvalue weighted by Gasteiger charge is -2.45. The van der Waals surface area contributed by atoms with Crippen molar-refractivity contribution in [1.29, 1.82) is 0 Å². The molecule has 3 N–H and O–H groups in total. The summed E-state index contributed by atoms with van der Waals surface area (Å²) < 4.78 is 6.70. The molecule has 5 atom stereocenters. The second kappa shape index (κ2) is 14.0. The van der Waals surface area contributed by atoms with Crippen LogP contribution < -0.4 is 15.4 Å². The summed E-state index contributed by atoms with van der Waals surface area (Å²) in [5, 5.41) is 16.7. The van der Waals surface area contributed by atoms with E-state index in [9.17, 15) is 24.3 Å². The lowest BCUT2D eigenvalue weighted by Crippen LogP contribution is -2.67. The predicted molar refractivity (Wildman–Crippen MR) is 183 cm³/mol. The molecule has 3 aromatic rings. The van der Waals surface area contributed by atoms with Crippen LogP contribution in [0.2, 0.25) is 0 Å². The molecule has 1 aromatic heterocycles. The van der Waals surface area contributed by atoms with Crippen LogP contribution in [0.5, 0.6) is 5.75 Å².